The Bertz CT molecular complexity index is 182. The van der Waals surface area contributed by atoms with Crippen LogP contribution in [0.1, 0.15) is 54.9 Å². The Hall–Kier alpha value is 0. The Labute approximate surface area is 90.5 Å². The van der Waals surface area contributed by atoms with Gasteiger partial charge in [-0.05, 0) is 35.0 Å². The normalized spacial score (nSPS) is 45.0. The van der Waals surface area contributed by atoms with Crippen molar-refractivity contribution in [3.8, 4) is 0 Å². The molecule has 0 aromatic heterocycles. The Morgan fingerprint density at radius 2 is 1.50 bits per heavy atom. The molecule has 3 atom stereocenters. The third kappa shape index (κ3) is 1.42. The molecule has 1 saturated carbocycles. The highest BCUT2D eigenvalue weighted by Crippen LogP contribution is 2.62. The summed E-state index contributed by atoms with van der Waals surface area (Å²) < 4.78 is 0. The van der Waals surface area contributed by atoms with E-state index in [0.717, 1.165) is 29.6 Å². The largest absolute Gasteiger partial charge is 0.0651 e. The fourth-order valence-electron chi connectivity index (χ4n) is 4.05. The summed E-state index contributed by atoms with van der Waals surface area (Å²) in [5, 5.41) is 0. The average molecular weight is 196 g/mol. The summed E-state index contributed by atoms with van der Waals surface area (Å²) >= 11 is 0. The van der Waals surface area contributed by atoms with Crippen LogP contribution in [0.3, 0.4) is 0 Å². The van der Waals surface area contributed by atoms with Gasteiger partial charge in [-0.1, -0.05) is 54.9 Å². The SMILES string of the molecule is CCC(C)C1(C)C(C)C(C(C)C)C1C. The number of hydrogen-bond acceptors (Lipinski definition) is 0. The number of rotatable bonds is 3. The molecule has 0 heteroatoms. The zero-order chi connectivity index (χ0) is 11.1. The maximum Gasteiger partial charge on any atom is -0.0243 e. The summed E-state index contributed by atoms with van der Waals surface area (Å²) in [6.45, 7) is 17.0. The number of hydrogen-bond donors (Lipinski definition) is 0. The van der Waals surface area contributed by atoms with Gasteiger partial charge in [0.15, 0.2) is 0 Å². The first-order valence-corrected chi connectivity index (χ1v) is 6.37. The molecule has 1 aliphatic rings. The molecular weight excluding hydrogens is 168 g/mol. The van der Waals surface area contributed by atoms with Crippen LogP contribution in [-0.2, 0) is 0 Å². The maximum absolute atomic E-state index is 2.51. The van der Waals surface area contributed by atoms with Crippen molar-refractivity contribution < 1.29 is 0 Å². The van der Waals surface area contributed by atoms with Crippen LogP contribution in [0.25, 0.3) is 0 Å². The molecule has 0 aliphatic heterocycles. The second kappa shape index (κ2) is 3.87. The predicted molar refractivity (Wildman–Crippen MR) is 64.2 cm³/mol. The van der Waals surface area contributed by atoms with E-state index in [-0.39, 0.29) is 0 Å². The third-order valence-electron chi connectivity index (χ3n) is 5.56. The van der Waals surface area contributed by atoms with Crippen molar-refractivity contribution in [2.24, 2.45) is 35.0 Å². The summed E-state index contributed by atoms with van der Waals surface area (Å²) in [4.78, 5) is 0. The monoisotopic (exact) mass is 196 g/mol. The molecule has 0 spiro atoms. The molecule has 0 saturated heterocycles. The lowest BCUT2D eigenvalue weighted by atomic mass is 9.42. The fraction of sp³-hybridized carbons (Fsp3) is 1.00. The van der Waals surface area contributed by atoms with Crippen molar-refractivity contribution in [3.05, 3.63) is 0 Å². The summed E-state index contributed by atoms with van der Waals surface area (Å²) in [5.41, 5.74) is 0.601. The predicted octanol–water partition coefficient (Wildman–Crippen LogP) is 4.60. The summed E-state index contributed by atoms with van der Waals surface area (Å²) in [6.07, 6.45) is 1.33. The van der Waals surface area contributed by atoms with Gasteiger partial charge in [-0.15, -0.1) is 0 Å². The molecule has 84 valence electrons. The van der Waals surface area contributed by atoms with Gasteiger partial charge in [0.1, 0.15) is 0 Å². The van der Waals surface area contributed by atoms with Crippen LogP contribution in [0.4, 0.5) is 0 Å². The lowest BCUT2D eigenvalue weighted by Crippen LogP contribution is -2.57. The molecule has 0 bridgehead atoms. The molecule has 3 unspecified atom stereocenters. The first kappa shape index (κ1) is 12.1. The van der Waals surface area contributed by atoms with Crippen LogP contribution in [0.15, 0.2) is 0 Å². The van der Waals surface area contributed by atoms with Crippen molar-refractivity contribution in [1.29, 1.82) is 0 Å². The molecule has 0 radical (unpaired) electrons. The minimum Gasteiger partial charge on any atom is -0.0651 e. The summed E-state index contributed by atoms with van der Waals surface area (Å²) in [7, 11) is 0. The van der Waals surface area contributed by atoms with Crippen molar-refractivity contribution in [1.82, 2.24) is 0 Å². The van der Waals surface area contributed by atoms with E-state index in [2.05, 4.69) is 48.5 Å². The molecule has 14 heavy (non-hydrogen) atoms. The zero-order valence-electron chi connectivity index (χ0n) is 11.1. The van der Waals surface area contributed by atoms with Crippen LogP contribution in [0.2, 0.25) is 0 Å². The van der Waals surface area contributed by atoms with Crippen LogP contribution in [-0.4, -0.2) is 0 Å². The molecule has 0 aromatic carbocycles. The van der Waals surface area contributed by atoms with Crippen LogP contribution in [0.5, 0.6) is 0 Å². The zero-order valence-corrected chi connectivity index (χ0v) is 11.1. The summed E-state index contributed by atoms with van der Waals surface area (Å²) in [6, 6.07) is 0. The molecular formula is C14H28. The van der Waals surface area contributed by atoms with Gasteiger partial charge in [-0.3, -0.25) is 0 Å². The Balaban J connectivity index is 2.77. The standard InChI is InChI=1S/C14H28/c1-8-10(4)14(7)11(5)13(9(2)3)12(14)6/h9-13H,8H2,1-7H3. The van der Waals surface area contributed by atoms with Crippen LogP contribution < -0.4 is 0 Å². The molecule has 0 aromatic rings. The summed E-state index contributed by atoms with van der Waals surface area (Å²) in [5.74, 6) is 4.51. The van der Waals surface area contributed by atoms with E-state index in [1.54, 1.807) is 0 Å². The first-order valence-electron chi connectivity index (χ1n) is 6.37. The average Bonchev–Trinajstić information content (AvgIpc) is 2.15. The van der Waals surface area contributed by atoms with Crippen LogP contribution in [0, 0.1) is 35.0 Å². The minimum absolute atomic E-state index is 0.601. The second-order valence-corrected chi connectivity index (χ2v) is 6.07. The van der Waals surface area contributed by atoms with Gasteiger partial charge >= 0.3 is 0 Å². The van der Waals surface area contributed by atoms with Gasteiger partial charge in [0.2, 0.25) is 0 Å². The lowest BCUT2D eigenvalue weighted by Gasteiger charge is -2.63. The van der Waals surface area contributed by atoms with E-state index in [4.69, 9.17) is 0 Å². The van der Waals surface area contributed by atoms with E-state index < -0.39 is 0 Å². The van der Waals surface area contributed by atoms with Gasteiger partial charge in [-0.2, -0.15) is 0 Å². The smallest absolute Gasteiger partial charge is 0.0243 e. The van der Waals surface area contributed by atoms with Gasteiger partial charge in [0, 0.05) is 0 Å². The third-order valence-corrected chi connectivity index (χ3v) is 5.56. The quantitative estimate of drug-likeness (QED) is 0.619. The second-order valence-electron chi connectivity index (χ2n) is 6.07. The highest BCUT2D eigenvalue weighted by molar-refractivity contribution is 5.04. The molecule has 0 nitrogen and oxygen atoms in total. The van der Waals surface area contributed by atoms with Crippen molar-refractivity contribution >= 4 is 0 Å². The Morgan fingerprint density at radius 3 is 1.79 bits per heavy atom. The van der Waals surface area contributed by atoms with E-state index in [0.29, 0.717) is 5.41 Å². The van der Waals surface area contributed by atoms with E-state index in [1.165, 1.54) is 6.42 Å². The van der Waals surface area contributed by atoms with Crippen molar-refractivity contribution in [2.75, 3.05) is 0 Å². The minimum atomic E-state index is 0.601. The Kier molecular flexibility index (Phi) is 3.33. The molecule has 0 heterocycles. The highest BCUT2D eigenvalue weighted by Gasteiger charge is 2.56. The Morgan fingerprint density at radius 1 is 1.07 bits per heavy atom. The lowest BCUT2D eigenvalue weighted by molar-refractivity contribution is -0.147. The van der Waals surface area contributed by atoms with Crippen molar-refractivity contribution in [2.45, 2.75) is 54.9 Å². The van der Waals surface area contributed by atoms with Crippen molar-refractivity contribution in [3.63, 3.8) is 0 Å². The maximum atomic E-state index is 2.51. The fourth-order valence-corrected chi connectivity index (χ4v) is 4.05. The van der Waals surface area contributed by atoms with Gasteiger partial charge in [0.25, 0.3) is 0 Å². The highest BCUT2D eigenvalue weighted by atomic mass is 14.6. The molecule has 1 aliphatic carbocycles. The molecule has 1 rings (SSSR count). The van der Waals surface area contributed by atoms with E-state index in [1.807, 2.05) is 0 Å². The van der Waals surface area contributed by atoms with E-state index >= 15 is 0 Å². The first-order chi connectivity index (χ1) is 6.37. The topological polar surface area (TPSA) is 0 Å². The molecule has 0 amide bonds. The van der Waals surface area contributed by atoms with E-state index in [9.17, 15) is 0 Å². The van der Waals surface area contributed by atoms with Gasteiger partial charge in [0.05, 0.1) is 0 Å². The van der Waals surface area contributed by atoms with Gasteiger partial charge in [-0.25, -0.2) is 0 Å². The molecule has 1 fully saturated rings. The van der Waals surface area contributed by atoms with Gasteiger partial charge < -0.3 is 0 Å². The molecule has 0 N–H and O–H groups in total. The van der Waals surface area contributed by atoms with Crippen LogP contribution >= 0.6 is 0 Å².